The van der Waals surface area contributed by atoms with Crippen LogP contribution in [0.15, 0.2) is 24.3 Å². The standard InChI is InChI=1S/C17H27NO/c1-3-13-8-4-6-10-15(13)16(18)12-14-9-5-7-11-17(14)19-2/h5,7,9,11,13,15-16H,3-4,6,8,10,12,18H2,1-2H3. The highest BCUT2D eigenvalue weighted by atomic mass is 16.5. The lowest BCUT2D eigenvalue weighted by atomic mass is 9.73. The first-order chi connectivity index (χ1) is 9.26. The largest absolute Gasteiger partial charge is 0.496 e. The Labute approximate surface area is 117 Å². The van der Waals surface area contributed by atoms with E-state index in [1.807, 2.05) is 12.1 Å². The summed E-state index contributed by atoms with van der Waals surface area (Å²) < 4.78 is 5.43. The summed E-state index contributed by atoms with van der Waals surface area (Å²) in [7, 11) is 1.74. The quantitative estimate of drug-likeness (QED) is 0.875. The number of nitrogens with two attached hydrogens (primary N) is 1. The lowest BCUT2D eigenvalue weighted by Gasteiger charge is -2.35. The van der Waals surface area contributed by atoms with Crippen molar-refractivity contribution in [2.24, 2.45) is 17.6 Å². The van der Waals surface area contributed by atoms with E-state index in [-0.39, 0.29) is 6.04 Å². The molecule has 19 heavy (non-hydrogen) atoms. The second-order valence-electron chi connectivity index (χ2n) is 5.80. The summed E-state index contributed by atoms with van der Waals surface area (Å²) in [6, 6.07) is 8.52. The SMILES string of the molecule is CCC1CCCCC1C(N)Cc1ccccc1OC. The molecule has 0 bridgehead atoms. The molecule has 0 radical (unpaired) electrons. The van der Waals surface area contributed by atoms with Crippen molar-refractivity contribution in [3.05, 3.63) is 29.8 Å². The summed E-state index contributed by atoms with van der Waals surface area (Å²) in [6.07, 6.45) is 7.60. The topological polar surface area (TPSA) is 35.2 Å². The van der Waals surface area contributed by atoms with E-state index in [2.05, 4.69) is 19.1 Å². The second kappa shape index (κ2) is 6.95. The Morgan fingerprint density at radius 3 is 2.74 bits per heavy atom. The molecule has 0 amide bonds. The molecule has 1 aromatic rings. The molecule has 0 aliphatic heterocycles. The molecule has 1 saturated carbocycles. The van der Waals surface area contributed by atoms with Gasteiger partial charge in [-0.05, 0) is 36.3 Å². The van der Waals surface area contributed by atoms with Gasteiger partial charge in [-0.2, -0.15) is 0 Å². The minimum absolute atomic E-state index is 0.265. The molecule has 1 aromatic carbocycles. The zero-order valence-electron chi connectivity index (χ0n) is 12.3. The Morgan fingerprint density at radius 2 is 2.00 bits per heavy atom. The molecule has 2 heteroatoms. The van der Waals surface area contributed by atoms with Gasteiger partial charge in [0.05, 0.1) is 7.11 Å². The number of benzene rings is 1. The van der Waals surface area contributed by atoms with Gasteiger partial charge in [-0.15, -0.1) is 0 Å². The van der Waals surface area contributed by atoms with Crippen LogP contribution in [0.25, 0.3) is 0 Å². The van der Waals surface area contributed by atoms with Gasteiger partial charge in [-0.3, -0.25) is 0 Å². The fourth-order valence-corrected chi connectivity index (χ4v) is 3.58. The average Bonchev–Trinajstić information content (AvgIpc) is 2.47. The van der Waals surface area contributed by atoms with Crippen molar-refractivity contribution < 1.29 is 4.74 Å². The summed E-state index contributed by atoms with van der Waals surface area (Å²) in [6.45, 7) is 2.30. The predicted molar refractivity (Wildman–Crippen MR) is 80.4 cm³/mol. The summed E-state index contributed by atoms with van der Waals surface area (Å²) in [5.41, 5.74) is 7.76. The van der Waals surface area contributed by atoms with E-state index in [4.69, 9.17) is 10.5 Å². The van der Waals surface area contributed by atoms with Crippen molar-refractivity contribution in [2.45, 2.75) is 51.5 Å². The smallest absolute Gasteiger partial charge is 0.122 e. The zero-order chi connectivity index (χ0) is 13.7. The third-order valence-electron chi connectivity index (χ3n) is 4.69. The minimum Gasteiger partial charge on any atom is -0.496 e. The van der Waals surface area contributed by atoms with E-state index in [1.54, 1.807) is 7.11 Å². The third kappa shape index (κ3) is 3.50. The first-order valence-corrected chi connectivity index (χ1v) is 7.63. The maximum atomic E-state index is 6.51. The van der Waals surface area contributed by atoms with Gasteiger partial charge in [0, 0.05) is 6.04 Å². The maximum Gasteiger partial charge on any atom is 0.122 e. The first kappa shape index (κ1) is 14.4. The molecule has 0 aromatic heterocycles. The number of ether oxygens (including phenoxy) is 1. The van der Waals surface area contributed by atoms with Crippen LogP contribution in [0.2, 0.25) is 0 Å². The van der Waals surface area contributed by atoms with Gasteiger partial charge < -0.3 is 10.5 Å². The minimum atomic E-state index is 0.265. The van der Waals surface area contributed by atoms with Crippen LogP contribution in [0.1, 0.15) is 44.6 Å². The average molecular weight is 261 g/mol. The number of methoxy groups -OCH3 is 1. The molecule has 2 nitrogen and oxygen atoms in total. The van der Waals surface area contributed by atoms with Crippen LogP contribution in [0.4, 0.5) is 0 Å². The molecule has 0 saturated heterocycles. The molecule has 3 unspecified atom stereocenters. The molecule has 0 heterocycles. The summed E-state index contributed by atoms with van der Waals surface area (Å²) >= 11 is 0. The van der Waals surface area contributed by atoms with Crippen molar-refractivity contribution in [3.8, 4) is 5.75 Å². The van der Waals surface area contributed by atoms with Crippen LogP contribution < -0.4 is 10.5 Å². The fourth-order valence-electron chi connectivity index (χ4n) is 3.58. The Balaban J connectivity index is 2.05. The van der Waals surface area contributed by atoms with E-state index in [0.29, 0.717) is 5.92 Å². The molecule has 1 aliphatic carbocycles. The van der Waals surface area contributed by atoms with Gasteiger partial charge in [-0.1, -0.05) is 50.8 Å². The monoisotopic (exact) mass is 261 g/mol. The fraction of sp³-hybridized carbons (Fsp3) is 0.647. The third-order valence-corrected chi connectivity index (χ3v) is 4.69. The Kier molecular flexibility index (Phi) is 5.26. The molecule has 1 aliphatic rings. The van der Waals surface area contributed by atoms with Crippen LogP contribution in [-0.4, -0.2) is 13.2 Å². The Morgan fingerprint density at radius 1 is 1.26 bits per heavy atom. The summed E-state index contributed by atoms with van der Waals surface area (Å²) in [4.78, 5) is 0. The Hall–Kier alpha value is -1.02. The molecule has 2 rings (SSSR count). The number of hydrogen-bond donors (Lipinski definition) is 1. The number of rotatable bonds is 5. The van der Waals surface area contributed by atoms with E-state index in [0.717, 1.165) is 18.1 Å². The Bertz CT molecular complexity index is 391. The van der Waals surface area contributed by atoms with Crippen LogP contribution in [0, 0.1) is 11.8 Å². The first-order valence-electron chi connectivity index (χ1n) is 7.63. The molecule has 2 N–H and O–H groups in total. The number of para-hydroxylation sites is 1. The molecular weight excluding hydrogens is 234 g/mol. The van der Waals surface area contributed by atoms with E-state index in [9.17, 15) is 0 Å². The molecule has 1 fully saturated rings. The van der Waals surface area contributed by atoms with Crippen molar-refractivity contribution in [1.29, 1.82) is 0 Å². The van der Waals surface area contributed by atoms with Crippen LogP contribution in [0.3, 0.4) is 0 Å². The van der Waals surface area contributed by atoms with Crippen LogP contribution >= 0.6 is 0 Å². The summed E-state index contributed by atoms with van der Waals surface area (Å²) in [5, 5.41) is 0. The van der Waals surface area contributed by atoms with Crippen molar-refractivity contribution in [3.63, 3.8) is 0 Å². The van der Waals surface area contributed by atoms with E-state index >= 15 is 0 Å². The van der Waals surface area contributed by atoms with Crippen molar-refractivity contribution in [1.82, 2.24) is 0 Å². The van der Waals surface area contributed by atoms with Gasteiger partial charge >= 0.3 is 0 Å². The highest BCUT2D eigenvalue weighted by Gasteiger charge is 2.29. The van der Waals surface area contributed by atoms with E-state index < -0.39 is 0 Å². The van der Waals surface area contributed by atoms with Gasteiger partial charge in [-0.25, -0.2) is 0 Å². The molecular formula is C17H27NO. The number of hydrogen-bond acceptors (Lipinski definition) is 2. The highest BCUT2D eigenvalue weighted by molar-refractivity contribution is 5.33. The van der Waals surface area contributed by atoms with Gasteiger partial charge in [0.2, 0.25) is 0 Å². The van der Waals surface area contributed by atoms with Gasteiger partial charge in [0.1, 0.15) is 5.75 Å². The normalized spacial score (nSPS) is 25.0. The van der Waals surface area contributed by atoms with Crippen LogP contribution in [-0.2, 0) is 6.42 Å². The highest BCUT2D eigenvalue weighted by Crippen LogP contribution is 2.35. The van der Waals surface area contributed by atoms with Crippen LogP contribution in [0.5, 0.6) is 5.75 Å². The lowest BCUT2D eigenvalue weighted by Crippen LogP contribution is -2.38. The lowest BCUT2D eigenvalue weighted by molar-refractivity contribution is 0.194. The van der Waals surface area contributed by atoms with Gasteiger partial charge in [0.15, 0.2) is 0 Å². The maximum absolute atomic E-state index is 6.51. The zero-order valence-corrected chi connectivity index (χ0v) is 12.3. The van der Waals surface area contributed by atoms with Crippen molar-refractivity contribution >= 4 is 0 Å². The summed E-state index contributed by atoms with van der Waals surface area (Å²) in [5.74, 6) is 2.48. The second-order valence-corrected chi connectivity index (χ2v) is 5.80. The molecule has 0 spiro atoms. The van der Waals surface area contributed by atoms with E-state index in [1.165, 1.54) is 37.7 Å². The molecule has 106 valence electrons. The van der Waals surface area contributed by atoms with Crippen molar-refractivity contribution in [2.75, 3.05) is 7.11 Å². The van der Waals surface area contributed by atoms with Gasteiger partial charge in [0.25, 0.3) is 0 Å². The molecule has 3 atom stereocenters. The predicted octanol–water partition coefficient (Wildman–Crippen LogP) is 3.78.